The lowest BCUT2D eigenvalue weighted by molar-refractivity contribution is -0.137. The first-order valence-corrected chi connectivity index (χ1v) is 7.58. The van der Waals surface area contributed by atoms with Crippen molar-refractivity contribution >= 4 is 35.1 Å². The first-order valence-electron chi connectivity index (χ1n) is 6.38. The number of carboxylic acids is 1. The molecule has 0 fully saturated rings. The largest absolute Gasteiger partial charge is 0.481 e. The Bertz CT molecular complexity index is 742. The number of Topliss-reactive ketones (excluding diaryl/α,β-unsaturated/α-hetero) is 1. The molecule has 1 heterocycles. The van der Waals surface area contributed by atoms with Crippen molar-refractivity contribution in [3.63, 3.8) is 0 Å². The van der Waals surface area contributed by atoms with Crippen LogP contribution in [0.15, 0.2) is 52.3 Å². The molecule has 0 bridgehead atoms. The molecule has 1 atom stereocenters. The highest BCUT2D eigenvalue weighted by Crippen LogP contribution is 2.43. The Balaban J connectivity index is 2.19. The lowest BCUT2D eigenvalue weighted by atomic mass is 9.88. The van der Waals surface area contributed by atoms with Crippen LogP contribution in [0.4, 0.5) is 0 Å². The van der Waals surface area contributed by atoms with Gasteiger partial charge >= 0.3 is 5.97 Å². The highest BCUT2D eigenvalue weighted by molar-refractivity contribution is 7.99. The molecule has 0 amide bonds. The predicted octanol–water partition coefficient (Wildman–Crippen LogP) is 4.25. The zero-order chi connectivity index (χ0) is 15.0. The van der Waals surface area contributed by atoms with E-state index in [0.717, 1.165) is 15.4 Å². The van der Waals surface area contributed by atoms with Crippen molar-refractivity contribution in [2.75, 3.05) is 0 Å². The van der Waals surface area contributed by atoms with Gasteiger partial charge in [0, 0.05) is 20.4 Å². The Morgan fingerprint density at radius 3 is 2.71 bits per heavy atom. The maximum Gasteiger partial charge on any atom is 0.304 e. The Morgan fingerprint density at radius 2 is 1.95 bits per heavy atom. The van der Waals surface area contributed by atoms with E-state index in [1.54, 1.807) is 18.2 Å². The van der Waals surface area contributed by atoms with Gasteiger partial charge in [-0.05, 0) is 29.8 Å². The van der Waals surface area contributed by atoms with E-state index >= 15 is 0 Å². The van der Waals surface area contributed by atoms with Crippen LogP contribution in [0.2, 0.25) is 5.02 Å². The predicted molar refractivity (Wildman–Crippen MR) is 81.3 cm³/mol. The van der Waals surface area contributed by atoms with Crippen molar-refractivity contribution in [3.05, 3.63) is 58.6 Å². The first kappa shape index (κ1) is 14.2. The number of carbonyl (C=O) groups excluding carboxylic acids is 1. The molecule has 3 nitrogen and oxygen atoms in total. The Morgan fingerprint density at radius 1 is 1.19 bits per heavy atom. The van der Waals surface area contributed by atoms with E-state index in [9.17, 15) is 9.59 Å². The summed E-state index contributed by atoms with van der Waals surface area (Å²) < 4.78 is 0. The lowest BCUT2D eigenvalue weighted by Gasteiger charge is -2.14. The Hall–Kier alpha value is -1.78. The van der Waals surface area contributed by atoms with Crippen LogP contribution in [0.1, 0.15) is 28.3 Å². The SMILES string of the molecule is O=C(O)CC1C(=O)c2cc(Cl)ccc2Sc2ccccc21. The van der Waals surface area contributed by atoms with Gasteiger partial charge in [0.05, 0.1) is 12.3 Å². The van der Waals surface area contributed by atoms with Gasteiger partial charge in [-0.1, -0.05) is 41.6 Å². The van der Waals surface area contributed by atoms with E-state index < -0.39 is 11.9 Å². The third-order valence-corrected chi connectivity index (χ3v) is 4.82. The second kappa shape index (κ2) is 5.54. The minimum atomic E-state index is -0.987. The molecule has 0 aromatic heterocycles. The van der Waals surface area contributed by atoms with Crippen LogP contribution in [-0.2, 0) is 4.79 Å². The number of aliphatic carboxylic acids is 1. The summed E-state index contributed by atoms with van der Waals surface area (Å²) in [7, 11) is 0. The van der Waals surface area contributed by atoms with Crippen molar-refractivity contribution in [2.45, 2.75) is 22.1 Å². The molecule has 2 aromatic rings. The fourth-order valence-electron chi connectivity index (χ4n) is 2.47. The topological polar surface area (TPSA) is 54.4 Å². The van der Waals surface area contributed by atoms with Crippen LogP contribution < -0.4 is 0 Å². The molecule has 2 aromatic carbocycles. The van der Waals surface area contributed by atoms with Crippen molar-refractivity contribution in [1.82, 2.24) is 0 Å². The minimum absolute atomic E-state index is 0.188. The summed E-state index contributed by atoms with van der Waals surface area (Å²) in [6.07, 6.45) is -0.220. The van der Waals surface area contributed by atoms with Gasteiger partial charge < -0.3 is 5.11 Å². The number of fused-ring (bicyclic) bond motifs is 2. The second-order valence-corrected chi connectivity index (χ2v) is 6.32. The van der Waals surface area contributed by atoms with Crippen LogP contribution in [0.3, 0.4) is 0 Å². The molecule has 1 unspecified atom stereocenters. The van der Waals surface area contributed by atoms with Crippen molar-refractivity contribution in [1.29, 1.82) is 0 Å². The maximum atomic E-state index is 12.8. The molecular weight excluding hydrogens is 308 g/mol. The average Bonchev–Trinajstić information content (AvgIpc) is 2.56. The number of ketones is 1. The Kier molecular flexibility index (Phi) is 3.74. The number of halogens is 1. The minimum Gasteiger partial charge on any atom is -0.481 e. The van der Waals surface area contributed by atoms with Crippen molar-refractivity contribution in [2.24, 2.45) is 0 Å². The number of hydrogen-bond donors (Lipinski definition) is 1. The monoisotopic (exact) mass is 318 g/mol. The summed E-state index contributed by atoms with van der Waals surface area (Å²) in [5.74, 6) is -1.85. The number of rotatable bonds is 2. The molecular formula is C16H11ClO3S. The first-order chi connectivity index (χ1) is 10.1. The van der Waals surface area contributed by atoms with Gasteiger partial charge in [-0.2, -0.15) is 0 Å². The summed E-state index contributed by atoms with van der Waals surface area (Å²) in [6, 6.07) is 12.6. The van der Waals surface area contributed by atoms with Gasteiger partial charge in [-0.15, -0.1) is 0 Å². The van der Waals surface area contributed by atoms with Gasteiger partial charge in [0.1, 0.15) is 0 Å². The molecule has 21 heavy (non-hydrogen) atoms. The van der Waals surface area contributed by atoms with Crippen molar-refractivity contribution < 1.29 is 14.7 Å². The van der Waals surface area contributed by atoms with Gasteiger partial charge in [0.25, 0.3) is 0 Å². The lowest BCUT2D eigenvalue weighted by Crippen LogP contribution is -2.16. The number of carboxylic acid groups (broad SMARTS) is 1. The fourth-order valence-corrected chi connectivity index (χ4v) is 3.76. The van der Waals surface area contributed by atoms with Crippen molar-refractivity contribution in [3.8, 4) is 0 Å². The third kappa shape index (κ3) is 2.69. The quantitative estimate of drug-likeness (QED) is 0.899. The summed E-state index contributed by atoms with van der Waals surface area (Å²) in [5.41, 5.74) is 1.26. The molecule has 0 saturated carbocycles. The molecule has 0 aliphatic carbocycles. The van der Waals surface area contributed by atoms with Gasteiger partial charge in [-0.25, -0.2) is 0 Å². The van der Waals surface area contributed by atoms with E-state index in [1.807, 2.05) is 24.3 Å². The molecule has 1 aliphatic rings. The Labute approximate surface area is 130 Å². The zero-order valence-electron chi connectivity index (χ0n) is 10.9. The molecule has 0 spiro atoms. The summed E-state index contributed by atoms with van der Waals surface area (Å²) in [5, 5.41) is 9.59. The molecule has 1 aliphatic heterocycles. The molecule has 3 rings (SSSR count). The molecule has 0 radical (unpaired) electrons. The summed E-state index contributed by atoms with van der Waals surface area (Å²) in [6.45, 7) is 0. The highest BCUT2D eigenvalue weighted by Gasteiger charge is 2.31. The van der Waals surface area contributed by atoms with Crippen LogP contribution in [0.25, 0.3) is 0 Å². The zero-order valence-corrected chi connectivity index (χ0v) is 12.4. The number of hydrogen-bond acceptors (Lipinski definition) is 3. The molecule has 106 valence electrons. The second-order valence-electron chi connectivity index (χ2n) is 4.80. The summed E-state index contributed by atoms with van der Waals surface area (Å²) >= 11 is 7.46. The van der Waals surface area contributed by atoms with Gasteiger partial charge in [0.15, 0.2) is 5.78 Å². The van der Waals surface area contributed by atoms with Gasteiger partial charge in [-0.3, -0.25) is 9.59 Å². The van der Waals surface area contributed by atoms with E-state index in [2.05, 4.69) is 0 Å². The number of carbonyl (C=O) groups is 2. The molecule has 1 N–H and O–H groups in total. The van der Waals surface area contributed by atoms with E-state index in [4.69, 9.17) is 16.7 Å². The van der Waals surface area contributed by atoms with E-state index in [0.29, 0.717) is 10.6 Å². The van der Waals surface area contributed by atoms with Crippen LogP contribution in [0.5, 0.6) is 0 Å². The third-order valence-electron chi connectivity index (χ3n) is 3.42. The van der Waals surface area contributed by atoms with E-state index in [-0.39, 0.29) is 12.2 Å². The summed E-state index contributed by atoms with van der Waals surface area (Å²) in [4.78, 5) is 25.6. The fraction of sp³-hybridized carbons (Fsp3) is 0.125. The average molecular weight is 319 g/mol. The van der Waals surface area contributed by atoms with Crippen LogP contribution >= 0.6 is 23.4 Å². The molecule has 0 saturated heterocycles. The highest BCUT2D eigenvalue weighted by atomic mass is 35.5. The standard InChI is InChI=1S/C16H11ClO3S/c17-9-5-6-14-12(7-9)16(20)11(8-15(18)19)10-3-1-2-4-13(10)21-14/h1-7,11H,8H2,(H,18,19). The van der Waals surface area contributed by atoms with Crippen LogP contribution in [-0.4, -0.2) is 16.9 Å². The number of benzene rings is 2. The molecule has 5 heteroatoms. The smallest absolute Gasteiger partial charge is 0.304 e. The van der Waals surface area contributed by atoms with Crippen LogP contribution in [0, 0.1) is 0 Å². The van der Waals surface area contributed by atoms with Gasteiger partial charge in [0.2, 0.25) is 0 Å². The normalized spacial score (nSPS) is 16.8. The maximum absolute atomic E-state index is 12.8. The van der Waals surface area contributed by atoms with E-state index in [1.165, 1.54) is 11.8 Å².